The van der Waals surface area contributed by atoms with Crippen LogP contribution in [0.5, 0.6) is 11.5 Å². The maximum absolute atomic E-state index is 12.9. The molecular formula is C14H19Cl2FN2O2. The number of ether oxygens (including phenoxy) is 2. The van der Waals surface area contributed by atoms with Crippen molar-refractivity contribution in [2.45, 2.75) is 12.5 Å². The summed E-state index contributed by atoms with van der Waals surface area (Å²) in [5.41, 5.74) is 0.926. The molecule has 21 heavy (non-hydrogen) atoms. The second kappa shape index (κ2) is 7.49. The molecule has 4 nitrogen and oxygen atoms in total. The van der Waals surface area contributed by atoms with Gasteiger partial charge in [-0.1, -0.05) is 11.6 Å². The molecule has 0 aliphatic carbocycles. The Morgan fingerprint density at radius 3 is 2.57 bits per heavy atom. The van der Waals surface area contributed by atoms with Gasteiger partial charge in [0.1, 0.15) is 0 Å². The molecule has 1 atom stereocenters. The Hall–Kier alpha value is -0.750. The molecule has 1 aromatic carbocycles. The molecule has 1 N–H and O–H groups in total. The van der Waals surface area contributed by atoms with Crippen LogP contribution in [0.2, 0.25) is 5.02 Å². The fourth-order valence-electron chi connectivity index (χ4n) is 2.82. The zero-order chi connectivity index (χ0) is 13.9. The number of halogens is 3. The lowest BCUT2D eigenvalue weighted by molar-refractivity contribution is 0.157. The van der Waals surface area contributed by atoms with Gasteiger partial charge in [0.25, 0.3) is 0 Å². The fraction of sp³-hybridized carbons (Fsp3) is 0.571. The minimum absolute atomic E-state index is 0. The average Bonchev–Trinajstić information content (AvgIpc) is 2.92. The molecule has 2 heterocycles. The average molecular weight is 337 g/mol. The highest BCUT2D eigenvalue weighted by molar-refractivity contribution is 6.31. The largest absolute Gasteiger partial charge is 0.454 e. The first-order chi connectivity index (χ1) is 9.79. The Morgan fingerprint density at radius 1 is 1.24 bits per heavy atom. The van der Waals surface area contributed by atoms with E-state index in [1.54, 1.807) is 6.07 Å². The summed E-state index contributed by atoms with van der Waals surface area (Å²) in [4.78, 5) is 2.28. The number of fused-ring (bicyclic) bond motifs is 1. The number of hydrogen-bond donors (Lipinski definition) is 1. The summed E-state index contributed by atoms with van der Waals surface area (Å²) in [6.07, 6.45) is 0.444. The highest BCUT2D eigenvalue weighted by Crippen LogP contribution is 2.41. The van der Waals surface area contributed by atoms with E-state index in [0.717, 1.165) is 31.7 Å². The van der Waals surface area contributed by atoms with Gasteiger partial charge in [0.15, 0.2) is 11.5 Å². The van der Waals surface area contributed by atoms with E-state index in [9.17, 15) is 4.39 Å². The van der Waals surface area contributed by atoms with Gasteiger partial charge in [0, 0.05) is 43.3 Å². The fourth-order valence-corrected chi connectivity index (χ4v) is 3.10. The summed E-state index contributed by atoms with van der Waals surface area (Å²) < 4.78 is 23.7. The molecular weight excluding hydrogens is 318 g/mol. The summed E-state index contributed by atoms with van der Waals surface area (Å²) in [6, 6.07) is 3.66. The standard InChI is InChI=1S/C14H18ClFN2O2.ClH/c15-11-8-14-13(19-9-20-14)7-10(11)12(1-2-16)18-5-3-17-4-6-18;/h7-8,12,17H,1-6,9H2;1H/t12-;/m0./s1. The zero-order valence-corrected chi connectivity index (χ0v) is 13.2. The molecule has 1 aromatic rings. The maximum atomic E-state index is 12.9. The van der Waals surface area contributed by atoms with Crippen molar-refractivity contribution >= 4 is 24.0 Å². The van der Waals surface area contributed by atoms with Crippen molar-refractivity contribution in [2.75, 3.05) is 39.6 Å². The van der Waals surface area contributed by atoms with Crippen molar-refractivity contribution in [3.8, 4) is 11.5 Å². The summed E-state index contributed by atoms with van der Waals surface area (Å²) in [5, 5.41) is 3.92. The summed E-state index contributed by atoms with van der Waals surface area (Å²) in [6.45, 7) is 3.50. The molecule has 0 unspecified atom stereocenters. The molecule has 0 radical (unpaired) electrons. The van der Waals surface area contributed by atoms with Gasteiger partial charge in [-0.2, -0.15) is 0 Å². The van der Waals surface area contributed by atoms with Crippen LogP contribution in [0.15, 0.2) is 12.1 Å². The molecule has 0 amide bonds. The van der Waals surface area contributed by atoms with Crippen LogP contribution in [0.4, 0.5) is 4.39 Å². The Kier molecular flexibility index (Phi) is 5.93. The van der Waals surface area contributed by atoms with Gasteiger partial charge in [0.2, 0.25) is 6.79 Å². The van der Waals surface area contributed by atoms with Gasteiger partial charge in [-0.3, -0.25) is 9.29 Å². The first-order valence-corrected chi connectivity index (χ1v) is 7.27. The van der Waals surface area contributed by atoms with Crippen LogP contribution < -0.4 is 14.8 Å². The Balaban J connectivity index is 0.00000161. The topological polar surface area (TPSA) is 33.7 Å². The molecule has 0 bridgehead atoms. The van der Waals surface area contributed by atoms with E-state index in [4.69, 9.17) is 21.1 Å². The number of nitrogens with one attached hydrogen (secondary N) is 1. The molecule has 7 heteroatoms. The van der Waals surface area contributed by atoms with Crippen molar-refractivity contribution < 1.29 is 13.9 Å². The molecule has 0 spiro atoms. The van der Waals surface area contributed by atoms with Crippen LogP contribution >= 0.6 is 24.0 Å². The normalized spacial score (nSPS) is 19.1. The van der Waals surface area contributed by atoms with Gasteiger partial charge in [-0.25, -0.2) is 0 Å². The molecule has 0 saturated carbocycles. The second-order valence-corrected chi connectivity index (χ2v) is 5.41. The van der Waals surface area contributed by atoms with Gasteiger partial charge in [-0.05, 0) is 18.1 Å². The summed E-state index contributed by atoms with van der Waals surface area (Å²) in [7, 11) is 0. The first kappa shape index (κ1) is 16.6. The Bertz CT molecular complexity index is 484. The third-order valence-corrected chi connectivity index (χ3v) is 4.15. The maximum Gasteiger partial charge on any atom is 0.231 e. The Labute approximate surface area is 134 Å². The SMILES string of the molecule is Cl.FCC[C@@H](c1cc2c(cc1Cl)OCO2)N1CCNCC1. The lowest BCUT2D eigenvalue weighted by Crippen LogP contribution is -2.45. The van der Waals surface area contributed by atoms with E-state index in [-0.39, 0.29) is 31.9 Å². The summed E-state index contributed by atoms with van der Waals surface area (Å²) in [5.74, 6) is 1.36. The third-order valence-electron chi connectivity index (χ3n) is 3.83. The van der Waals surface area contributed by atoms with Crippen LogP contribution in [-0.4, -0.2) is 44.5 Å². The van der Waals surface area contributed by atoms with E-state index in [1.807, 2.05) is 6.07 Å². The van der Waals surface area contributed by atoms with Gasteiger partial charge >= 0.3 is 0 Å². The highest BCUT2D eigenvalue weighted by Gasteiger charge is 2.26. The number of nitrogens with zero attached hydrogens (tertiary/aromatic N) is 1. The predicted molar refractivity (Wildman–Crippen MR) is 82.6 cm³/mol. The van der Waals surface area contributed by atoms with Crippen molar-refractivity contribution in [2.24, 2.45) is 0 Å². The number of hydrogen-bond acceptors (Lipinski definition) is 4. The van der Waals surface area contributed by atoms with Crippen LogP contribution in [0.25, 0.3) is 0 Å². The van der Waals surface area contributed by atoms with Crippen molar-refractivity contribution in [1.29, 1.82) is 0 Å². The van der Waals surface area contributed by atoms with E-state index in [0.29, 0.717) is 22.9 Å². The van der Waals surface area contributed by atoms with Crippen LogP contribution in [0.1, 0.15) is 18.0 Å². The second-order valence-electron chi connectivity index (χ2n) is 5.01. The van der Waals surface area contributed by atoms with Crippen LogP contribution in [0.3, 0.4) is 0 Å². The minimum Gasteiger partial charge on any atom is -0.454 e. The number of benzene rings is 1. The van der Waals surface area contributed by atoms with Crippen LogP contribution in [-0.2, 0) is 0 Å². The zero-order valence-electron chi connectivity index (χ0n) is 11.6. The molecule has 118 valence electrons. The molecule has 1 saturated heterocycles. The van der Waals surface area contributed by atoms with Crippen molar-refractivity contribution in [3.63, 3.8) is 0 Å². The van der Waals surface area contributed by atoms with Crippen molar-refractivity contribution in [1.82, 2.24) is 10.2 Å². The van der Waals surface area contributed by atoms with E-state index in [2.05, 4.69) is 10.2 Å². The molecule has 2 aliphatic rings. The molecule has 1 fully saturated rings. The van der Waals surface area contributed by atoms with Crippen LogP contribution in [0, 0.1) is 0 Å². The van der Waals surface area contributed by atoms with E-state index in [1.165, 1.54) is 0 Å². The monoisotopic (exact) mass is 336 g/mol. The predicted octanol–water partition coefficient (Wildman–Crippen LogP) is 2.80. The third kappa shape index (κ3) is 3.54. The smallest absolute Gasteiger partial charge is 0.231 e. The summed E-state index contributed by atoms with van der Waals surface area (Å²) >= 11 is 6.36. The number of alkyl halides is 1. The molecule has 2 aliphatic heterocycles. The van der Waals surface area contributed by atoms with Gasteiger partial charge < -0.3 is 14.8 Å². The van der Waals surface area contributed by atoms with Gasteiger partial charge in [-0.15, -0.1) is 12.4 Å². The van der Waals surface area contributed by atoms with E-state index >= 15 is 0 Å². The quantitative estimate of drug-likeness (QED) is 0.916. The number of piperazine rings is 1. The first-order valence-electron chi connectivity index (χ1n) is 6.89. The van der Waals surface area contributed by atoms with Gasteiger partial charge in [0.05, 0.1) is 6.67 Å². The lowest BCUT2D eigenvalue weighted by atomic mass is 10.0. The lowest BCUT2D eigenvalue weighted by Gasteiger charge is -2.35. The molecule has 3 rings (SSSR count). The molecule has 0 aromatic heterocycles. The number of rotatable bonds is 4. The van der Waals surface area contributed by atoms with E-state index < -0.39 is 0 Å². The Morgan fingerprint density at radius 2 is 1.90 bits per heavy atom. The minimum atomic E-state index is -0.362. The highest BCUT2D eigenvalue weighted by atomic mass is 35.5. The van der Waals surface area contributed by atoms with Crippen molar-refractivity contribution in [3.05, 3.63) is 22.7 Å².